The van der Waals surface area contributed by atoms with Gasteiger partial charge in [-0.25, -0.2) is 4.98 Å². The molecule has 10 heteroatoms. The summed E-state index contributed by atoms with van der Waals surface area (Å²) in [6.45, 7) is 0. The first-order chi connectivity index (χ1) is 15.5. The second-order valence-corrected chi connectivity index (χ2v) is 7.36. The summed E-state index contributed by atoms with van der Waals surface area (Å²) in [4.78, 5) is 23.8. The number of nitrogens with zero attached hydrogens (tertiary/aromatic N) is 2. The number of rotatable bonds is 5. The molecule has 0 unspecified atom stereocenters. The van der Waals surface area contributed by atoms with E-state index >= 15 is 0 Å². The first-order valence-electron chi connectivity index (χ1n) is 9.70. The van der Waals surface area contributed by atoms with Crippen molar-refractivity contribution in [3.63, 3.8) is 0 Å². The Morgan fingerprint density at radius 3 is 2.18 bits per heavy atom. The highest BCUT2D eigenvalue weighted by atomic mass is 19.4. The number of H-pyrrole nitrogens is 1. The van der Waals surface area contributed by atoms with Crippen LogP contribution in [0.15, 0.2) is 67.0 Å². The van der Waals surface area contributed by atoms with Crippen LogP contribution in [0.1, 0.15) is 45.2 Å². The lowest BCUT2D eigenvalue weighted by atomic mass is 9.86. The van der Waals surface area contributed by atoms with Crippen molar-refractivity contribution in [3.05, 3.63) is 95.1 Å². The maximum Gasteiger partial charge on any atom is 0.418 e. The average molecular weight is 463 g/mol. The number of hydrogen-bond acceptors (Lipinski definition) is 3. The SMILES string of the molecule is O=C(C[C@@H](c1ccc(C(F)(F)F)cc1)c1ncccc1C(F)(F)F)c1cc2cccnc2[nH]1. The number of hydrogen-bond donors (Lipinski definition) is 1. The van der Waals surface area contributed by atoms with Crippen LogP contribution in [-0.2, 0) is 12.4 Å². The third kappa shape index (κ3) is 4.74. The van der Waals surface area contributed by atoms with Crippen LogP contribution in [-0.4, -0.2) is 20.7 Å². The fourth-order valence-corrected chi connectivity index (χ4v) is 3.62. The summed E-state index contributed by atoms with van der Waals surface area (Å²) in [6.07, 6.45) is -7.15. The van der Waals surface area contributed by atoms with Gasteiger partial charge in [0.15, 0.2) is 5.78 Å². The predicted molar refractivity (Wildman–Crippen MR) is 108 cm³/mol. The van der Waals surface area contributed by atoms with E-state index in [2.05, 4.69) is 15.0 Å². The molecular formula is C23H15F6N3O. The number of ketones is 1. The number of alkyl halides is 6. The highest BCUT2D eigenvalue weighted by molar-refractivity contribution is 5.99. The molecule has 3 aromatic heterocycles. The standard InChI is InChI=1S/C23H15F6N3O/c24-22(25,26)15-7-5-13(6-8-15)16(20-17(23(27,28)29)4-2-9-30-20)12-19(33)18-11-14-3-1-10-31-21(14)32-18/h1-11,16H,12H2,(H,31,32)/t16-/m0/s1. The molecule has 0 bridgehead atoms. The Morgan fingerprint density at radius 1 is 0.879 bits per heavy atom. The molecule has 4 rings (SSSR count). The normalized spacial score (nSPS) is 13.3. The van der Waals surface area contributed by atoms with E-state index in [1.807, 2.05) is 0 Å². The van der Waals surface area contributed by atoms with Crippen LogP contribution in [0.4, 0.5) is 26.3 Å². The summed E-state index contributed by atoms with van der Waals surface area (Å²) in [5.74, 6) is -1.76. The zero-order valence-electron chi connectivity index (χ0n) is 16.7. The highest BCUT2D eigenvalue weighted by Crippen LogP contribution is 2.39. The molecule has 0 saturated heterocycles. The summed E-state index contributed by atoms with van der Waals surface area (Å²) in [5, 5.41) is 0.640. The number of nitrogens with one attached hydrogen (secondary N) is 1. The molecule has 1 atom stereocenters. The van der Waals surface area contributed by atoms with E-state index in [9.17, 15) is 31.1 Å². The fourth-order valence-electron chi connectivity index (χ4n) is 3.62. The van der Waals surface area contributed by atoms with Gasteiger partial charge in [0.2, 0.25) is 0 Å². The van der Waals surface area contributed by atoms with Gasteiger partial charge in [0, 0.05) is 30.1 Å². The van der Waals surface area contributed by atoms with Gasteiger partial charge in [-0.2, -0.15) is 26.3 Å². The van der Waals surface area contributed by atoms with Gasteiger partial charge in [-0.3, -0.25) is 9.78 Å². The number of fused-ring (bicyclic) bond motifs is 1. The van der Waals surface area contributed by atoms with E-state index in [0.717, 1.165) is 42.6 Å². The molecule has 0 spiro atoms. The minimum atomic E-state index is -4.76. The van der Waals surface area contributed by atoms with Gasteiger partial charge in [0.1, 0.15) is 5.65 Å². The van der Waals surface area contributed by atoms with Crippen molar-refractivity contribution in [2.45, 2.75) is 24.7 Å². The van der Waals surface area contributed by atoms with E-state index in [-0.39, 0.29) is 11.3 Å². The first-order valence-corrected chi connectivity index (χ1v) is 9.70. The number of aromatic nitrogens is 3. The van der Waals surface area contributed by atoms with E-state index in [4.69, 9.17) is 0 Å². The second kappa shape index (κ2) is 8.34. The molecule has 0 fully saturated rings. The topological polar surface area (TPSA) is 58.6 Å². The van der Waals surface area contributed by atoms with Crippen LogP contribution in [0.3, 0.4) is 0 Å². The van der Waals surface area contributed by atoms with Crippen molar-refractivity contribution >= 4 is 16.8 Å². The lowest BCUT2D eigenvalue weighted by molar-refractivity contribution is -0.139. The lowest BCUT2D eigenvalue weighted by Crippen LogP contribution is -2.17. The Hall–Kier alpha value is -3.69. The molecular weight excluding hydrogens is 448 g/mol. The van der Waals surface area contributed by atoms with Crippen molar-refractivity contribution in [2.24, 2.45) is 0 Å². The molecule has 33 heavy (non-hydrogen) atoms. The molecule has 0 aliphatic rings. The van der Waals surface area contributed by atoms with E-state index in [0.29, 0.717) is 11.0 Å². The molecule has 170 valence electrons. The maximum atomic E-state index is 13.7. The van der Waals surface area contributed by atoms with Crippen molar-refractivity contribution < 1.29 is 31.1 Å². The third-order valence-electron chi connectivity index (χ3n) is 5.20. The summed E-state index contributed by atoms with van der Waals surface area (Å²) in [5.41, 5.74) is -1.77. The molecule has 1 aromatic carbocycles. The Kier molecular flexibility index (Phi) is 5.69. The van der Waals surface area contributed by atoms with Crippen molar-refractivity contribution in [1.29, 1.82) is 0 Å². The predicted octanol–water partition coefficient (Wildman–Crippen LogP) is 6.40. The summed E-state index contributed by atoms with van der Waals surface area (Å²) >= 11 is 0. The van der Waals surface area contributed by atoms with Gasteiger partial charge in [-0.15, -0.1) is 0 Å². The highest BCUT2D eigenvalue weighted by Gasteiger charge is 2.37. The zero-order chi connectivity index (χ0) is 23.8. The van der Waals surface area contributed by atoms with Gasteiger partial charge in [-0.05, 0) is 48.0 Å². The minimum Gasteiger partial charge on any atom is -0.337 e. The molecule has 0 radical (unpaired) electrons. The number of pyridine rings is 2. The molecule has 0 saturated carbocycles. The van der Waals surface area contributed by atoms with Crippen LogP contribution < -0.4 is 0 Å². The summed E-state index contributed by atoms with van der Waals surface area (Å²) in [7, 11) is 0. The van der Waals surface area contributed by atoms with E-state index in [1.54, 1.807) is 12.1 Å². The number of halogens is 6. The molecule has 1 N–H and O–H groups in total. The van der Waals surface area contributed by atoms with Crippen LogP contribution in [0.5, 0.6) is 0 Å². The Labute approximate surface area is 183 Å². The third-order valence-corrected chi connectivity index (χ3v) is 5.20. The quantitative estimate of drug-likeness (QED) is 0.275. The molecule has 0 amide bonds. The smallest absolute Gasteiger partial charge is 0.337 e. The summed E-state index contributed by atoms with van der Waals surface area (Å²) in [6, 6.07) is 10.5. The number of carbonyl (C=O) groups is 1. The van der Waals surface area contributed by atoms with Gasteiger partial charge in [0.05, 0.1) is 22.5 Å². The van der Waals surface area contributed by atoms with Crippen molar-refractivity contribution in [3.8, 4) is 0 Å². The first kappa shape index (κ1) is 22.5. The van der Waals surface area contributed by atoms with Gasteiger partial charge in [-0.1, -0.05) is 12.1 Å². The van der Waals surface area contributed by atoms with Gasteiger partial charge < -0.3 is 4.98 Å². The number of benzene rings is 1. The Balaban J connectivity index is 1.77. The zero-order valence-corrected chi connectivity index (χ0v) is 16.7. The average Bonchev–Trinajstić information content (AvgIpc) is 3.21. The molecule has 3 heterocycles. The van der Waals surface area contributed by atoms with Gasteiger partial charge in [0.25, 0.3) is 0 Å². The molecule has 4 nitrogen and oxygen atoms in total. The largest absolute Gasteiger partial charge is 0.418 e. The molecule has 0 aliphatic heterocycles. The van der Waals surface area contributed by atoms with E-state index in [1.165, 1.54) is 12.3 Å². The Bertz CT molecular complexity index is 1260. The number of aromatic amines is 1. The lowest BCUT2D eigenvalue weighted by Gasteiger charge is -2.21. The van der Waals surface area contributed by atoms with E-state index < -0.39 is 47.3 Å². The number of Topliss-reactive ketones (excluding diaryl/α,β-unsaturated/α-hetero) is 1. The fraction of sp³-hybridized carbons (Fsp3) is 0.174. The molecule has 4 aromatic rings. The van der Waals surface area contributed by atoms with Crippen LogP contribution in [0, 0.1) is 0 Å². The van der Waals surface area contributed by atoms with Crippen molar-refractivity contribution in [1.82, 2.24) is 15.0 Å². The van der Waals surface area contributed by atoms with Crippen LogP contribution >= 0.6 is 0 Å². The summed E-state index contributed by atoms with van der Waals surface area (Å²) < 4.78 is 79.9. The Morgan fingerprint density at radius 2 is 1.55 bits per heavy atom. The molecule has 0 aliphatic carbocycles. The number of carbonyl (C=O) groups excluding carboxylic acids is 1. The van der Waals surface area contributed by atoms with Crippen LogP contribution in [0.25, 0.3) is 11.0 Å². The minimum absolute atomic E-state index is 0.106. The maximum absolute atomic E-state index is 13.7. The van der Waals surface area contributed by atoms with Crippen molar-refractivity contribution in [2.75, 3.05) is 0 Å². The van der Waals surface area contributed by atoms with Crippen LogP contribution in [0.2, 0.25) is 0 Å². The monoisotopic (exact) mass is 463 g/mol. The second-order valence-electron chi connectivity index (χ2n) is 7.36. The van der Waals surface area contributed by atoms with Gasteiger partial charge >= 0.3 is 12.4 Å².